The fraction of sp³-hybridized carbons (Fsp3) is 0.357. The predicted molar refractivity (Wildman–Crippen MR) is 73.8 cm³/mol. The highest BCUT2D eigenvalue weighted by Gasteiger charge is 2.48. The summed E-state index contributed by atoms with van der Waals surface area (Å²) in [5.74, 6) is 0.472. The van der Waals surface area contributed by atoms with Gasteiger partial charge in [0.15, 0.2) is 0 Å². The van der Waals surface area contributed by atoms with Crippen LogP contribution in [0.4, 0.5) is 5.69 Å². The van der Waals surface area contributed by atoms with Crippen molar-refractivity contribution >= 4 is 11.6 Å². The lowest BCUT2D eigenvalue weighted by Crippen LogP contribution is -2.31. The molecule has 20 heavy (non-hydrogen) atoms. The van der Waals surface area contributed by atoms with Crippen molar-refractivity contribution in [1.29, 1.82) is 0 Å². The predicted octanol–water partition coefficient (Wildman–Crippen LogP) is 1.72. The van der Waals surface area contributed by atoms with Gasteiger partial charge in [0.05, 0.1) is 5.41 Å². The van der Waals surface area contributed by atoms with Gasteiger partial charge in [-0.25, -0.2) is 0 Å². The summed E-state index contributed by atoms with van der Waals surface area (Å²) in [5, 5.41) is 10.5. The van der Waals surface area contributed by atoms with Crippen LogP contribution in [0, 0.1) is 12.3 Å². The van der Waals surface area contributed by atoms with Crippen molar-refractivity contribution in [2.24, 2.45) is 11.1 Å². The molecule has 0 radical (unpaired) electrons. The second-order valence-electron chi connectivity index (χ2n) is 5.21. The number of benzene rings is 1. The molecule has 0 bridgehead atoms. The SMILES string of the molecule is Cc1cc(-c2nnco2)ccc1NC(=O)C1(CN)CC1. The Kier molecular flexibility index (Phi) is 3.02. The van der Waals surface area contributed by atoms with Gasteiger partial charge < -0.3 is 15.5 Å². The quantitative estimate of drug-likeness (QED) is 0.883. The number of nitrogens with zero attached hydrogens (tertiary/aromatic N) is 2. The number of rotatable bonds is 4. The molecule has 0 atom stereocenters. The van der Waals surface area contributed by atoms with E-state index in [1.807, 2.05) is 25.1 Å². The second-order valence-corrected chi connectivity index (χ2v) is 5.21. The molecule has 1 aliphatic carbocycles. The van der Waals surface area contributed by atoms with Crippen LogP contribution >= 0.6 is 0 Å². The number of hydrogen-bond acceptors (Lipinski definition) is 5. The number of carbonyl (C=O) groups is 1. The first-order chi connectivity index (χ1) is 9.64. The highest BCUT2D eigenvalue weighted by atomic mass is 16.4. The minimum atomic E-state index is -0.350. The van der Waals surface area contributed by atoms with Crippen LogP contribution in [0.25, 0.3) is 11.5 Å². The Morgan fingerprint density at radius 3 is 2.85 bits per heavy atom. The van der Waals surface area contributed by atoms with Crippen molar-refractivity contribution < 1.29 is 9.21 Å². The van der Waals surface area contributed by atoms with Crippen LogP contribution < -0.4 is 11.1 Å². The van der Waals surface area contributed by atoms with Crippen molar-refractivity contribution in [3.05, 3.63) is 30.2 Å². The Morgan fingerprint density at radius 2 is 2.30 bits per heavy atom. The van der Waals surface area contributed by atoms with Crippen LogP contribution in [-0.4, -0.2) is 22.6 Å². The first kappa shape index (κ1) is 12.8. The zero-order chi connectivity index (χ0) is 14.2. The van der Waals surface area contributed by atoms with E-state index in [0.717, 1.165) is 29.7 Å². The minimum absolute atomic E-state index is 0.00800. The van der Waals surface area contributed by atoms with Crippen molar-refractivity contribution in [3.8, 4) is 11.5 Å². The van der Waals surface area contributed by atoms with E-state index in [4.69, 9.17) is 10.2 Å². The summed E-state index contributed by atoms with van der Waals surface area (Å²) < 4.78 is 5.15. The second kappa shape index (κ2) is 4.72. The largest absolute Gasteiger partial charge is 0.423 e. The monoisotopic (exact) mass is 272 g/mol. The van der Waals surface area contributed by atoms with Gasteiger partial charge in [-0.1, -0.05) is 0 Å². The fourth-order valence-electron chi connectivity index (χ4n) is 2.17. The highest BCUT2D eigenvalue weighted by molar-refractivity contribution is 5.98. The number of aryl methyl sites for hydroxylation is 1. The van der Waals surface area contributed by atoms with Crippen LogP contribution in [0.5, 0.6) is 0 Å². The van der Waals surface area contributed by atoms with Crippen molar-refractivity contribution in [2.75, 3.05) is 11.9 Å². The van der Waals surface area contributed by atoms with Gasteiger partial charge in [-0.15, -0.1) is 10.2 Å². The molecule has 6 nitrogen and oxygen atoms in total. The van der Waals surface area contributed by atoms with Gasteiger partial charge in [0.2, 0.25) is 18.2 Å². The Hall–Kier alpha value is -2.21. The molecule has 6 heteroatoms. The molecule has 3 N–H and O–H groups in total. The van der Waals surface area contributed by atoms with Gasteiger partial charge in [0, 0.05) is 17.8 Å². The normalized spacial score (nSPS) is 15.9. The molecule has 1 fully saturated rings. The molecule has 0 saturated heterocycles. The molecular weight excluding hydrogens is 256 g/mol. The Bertz CT molecular complexity index is 633. The summed E-state index contributed by atoms with van der Waals surface area (Å²) in [6.07, 6.45) is 3.03. The molecular formula is C14H16N4O2. The van der Waals surface area contributed by atoms with E-state index < -0.39 is 0 Å². The van der Waals surface area contributed by atoms with Gasteiger partial charge in [-0.05, 0) is 43.5 Å². The van der Waals surface area contributed by atoms with E-state index >= 15 is 0 Å². The lowest BCUT2D eigenvalue weighted by atomic mass is 10.1. The summed E-state index contributed by atoms with van der Waals surface area (Å²) in [6, 6.07) is 5.60. The minimum Gasteiger partial charge on any atom is -0.423 e. The molecule has 1 amide bonds. The van der Waals surface area contributed by atoms with Crippen LogP contribution in [0.1, 0.15) is 18.4 Å². The van der Waals surface area contributed by atoms with Crippen molar-refractivity contribution in [3.63, 3.8) is 0 Å². The smallest absolute Gasteiger partial charge is 0.247 e. The maximum absolute atomic E-state index is 12.2. The number of anilines is 1. The van der Waals surface area contributed by atoms with Crippen LogP contribution in [0.15, 0.2) is 29.0 Å². The Balaban J connectivity index is 1.80. The summed E-state index contributed by atoms with van der Waals surface area (Å²) >= 11 is 0. The highest BCUT2D eigenvalue weighted by Crippen LogP contribution is 2.45. The summed E-state index contributed by atoms with van der Waals surface area (Å²) in [5.41, 5.74) is 7.88. The average molecular weight is 272 g/mol. The first-order valence-electron chi connectivity index (χ1n) is 6.53. The van der Waals surface area contributed by atoms with E-state index in [2.05, 4.69) is 15.5 Å². The van der Waals surface area contributed by atoms with E-state index in [1.54, 1.807) is 0 Å². The van der Waals surface area contributed by atoms with Gasteiger partial charge in [-0.3, -0.25) is 4.79 Å². The molecule has 0 spiro atoms. The van der Waals surface area contributed by atoms with Crippen molar-refractivity contribution in [2.45, 2.75) is 19.8 Å². The molecule has 0 unspecified atom stereocenters. The van der Waals surface area contributed by atoms with Crippen molar-refractivity contribution in [1.82, 2.24) is 10.2 Å². The molecule has 1 aromatic carbocycles. The lowest BCUT2D eigenvalue weighted by Gasteiger charge is -2.14. The van der Waals surface area contributed by atoms with Gasteiger partial charge in [-0.2, -0.15) is 0 Å². The standard InChI is InChI=1S/C14H16N4O2/c1-9-6-10(12-18-16-8-20-12)2-3-11(9)17-13(19)14(7-15)4-5-14/h2-3,6,8H,4-5,7,15H2,1H3,(H,17,19). The lowest BCUT2D eigenvalue weighted by molar-refractivity contribution is -0.120. The molecule has 1 saturated carbocycles. The fourth-order valence-corrected chi connectivity index (χ4v) is 2.17. The third-order valence-electron chi connectivity index (χ3n) is 3.81. The molecule has 2 aromatic rings. The van der Waals surface area contributed by atoms with Gasteiger partial charge >= 0.3 is 0 Å². The third-order valence-corrected chi connectivity index (χ3v) is 3.81. The maximum Gasteiger partial charge on any atom is 0.247 e. The number of amides is 1. The number of nitrogens with two attached hydrogens (primary N) is 1. The topological polar surface area (TPSA) is 94.0 Å². The molecule has 1 heterocycles. The average Bonchev–Trinajstić information content (AvgIpc) is 3.07. The molecule has 3 rings (SSSR count). The first-order valence-corrected chi connectivity index (χ1v) is 6.53. The van der Waals surface area contributed by atoms with Crippen LogP contribution in [-0.2, 0) is 4.79 Å². The summed E-state index contributed by atoms with van der Waals surface area (Å²) in [6.45, 7) is 2.33. The Morgan fingerprint density at radius 1 is 1.50 bits per heavy atom. The van der Waals surface area contributed by atoms with Gasteiger partial charge in [0.1, 0.15) is 0 Å². The molecule has 104 valence electrons. The summed E-state index contributed by atoms with van der Waals surface area (Å²) in [7, 11) is 0. The van der Waals surface area contributed by atoms with Gasteiger partial charge in [0.25, 0.3) is 0 Å². The molecule has 0 aliphatic heterocycles. The zero-order valence-electron chi connectivity index (χ0n) is 11.2. The Labute approximate surface area is 116 Å². The zero-order valence-corrected chi connectivity index (χ0v) is 11.2. The van der Waals surface area contributed by atoms with E-state index in [9.17, 15) is 4.79 Å². The van der Waals surface area contributed by atoms with E-state index in [0.29, 0.717) is 12.4 Å². The number of nitrogens with one attached hydrogen (secondary N) is 1. The van der Waals surface area contributed by atoms with Crippen LogP contribution in [0.3, 0.4) is 0 Å². The van der Waals surface area contributed by atoms with Crippen LogP contribution in [0.2, 0.25) is 0 Å². The maximum atomic E-state index is 12.2. The van der Waals surface area contributed by atoms with E-state index in [1.165, 1.54) is 6.39 Å². The number of carbonyl (C=O) groups excluding carboxylic acids is 1. The van der Waals surface area contributed by atoms with E-state index in [-0.39, 0.29) is 11.3 Å². The number of aromatic nitrogens is 2. The summed E-state index contributed by atoms with van der Waals surface area (Å²) in [4.78, 5) is 12.2. The molecule has 1 aliphatic rings. The molecule has 1 aromatic heterocycles. The third kappa shape index (κ3) is 2.18. The number of hydrogen-bond donors (Lipinski definition) is 2.